The first-order valence-electron chi connectivity index (χ1n) is 14.1. The zero-order valence-electron chi connectivity index (χ0n) is 22.0. The number of carbonyl (C=O) groups is 2. The van der Waals surface area contributed by atoms with E-state index in [0.717, 1.165) is 44.9 Å². The van der Waals surface area contributed by atoms with Gasteiger partial charge >= 0.3 is 11.9 Å². The fraction of sp³-hybridized carbons (Fsp3) is 0.515. The third kappa shape index (κ3) is 4.23. The van der Waals surface area contributed by atoms with Crippen LogP contribution in [0.5, 0.6) is 0 Å². The largest absolute Gasteiger partial charge is 0.458 e. The van der Waals surface area contributed by atoms with Gasteiger partial charge in [-0.05, 0) is 92.4 Å². The van der Waals surface area contributed by atoms with Gasteiger partial charge in [0.25, 0.3) is 0 Å². The van der Waals surface area contributed by atoms with Gasteiger partial charge in [-0.2, -0.15) is 0 Å². The van der Waals surface area contributed by atoms with E-state index in [0.29, 0.717) is 28.9 Å². The molecule has 0 spiro atoms. The second-order valence-corrected chi connectivity index (χ2v) is 12.3. The van der Waals surface area contributed by atoms with Gasteiger partial charge < -0.3 is 9.47 Å². The minimum atomic E-state index is -0.209. The lowest BCUT2D eigenvalue weighted by atomic mass is 9.48. The van der Waals surface area contributed by atoms with Gasteiger partial charge in [0.05, 0.1) is 11.1 Å². The van der Waals surface area contributed by atoms with Crippen molar-refractivity contribution in [3.05, 3.63) is 83.4 Å². The monoisotopic (exact) mass is 498 g/mol. The number of benzene rings is 2. The molecule has 0 amide bonds. The molecule has 0 aromatic heterocycles. The quantitative estimate of drug-likeness (QED) is 0.325. The van der Waals surface area contributed by atoms with Gasteiger partial charge in [-0.15, -0.1) is 0 Å². The third-order valence-corrected chi connectivity index (χ3v) is 10.5. The van der Waals surface area contributed by atoms with Gasteiger partial charge in [0.1, 0.15) is 12.2 Å². The van der Waals surface area contributed by atoms with Gasteiger partial charge in [0, 0.05) is 11.8 Å². The highest BCUT2D eigenvalue weighted by atomic mass is 16.5. The molecule has 7 atom stereocenters. The van der Waals surface area contributed by atoms with Gasteiger partial charge in [-0.3, -0.25) is 0 Å². The van der Waals surface area contributed by atoms with Crippen molar-refractivity contribution in [2.45, 2.75) is 77.4 Å². The van der Waals surface area contributed by atoms with E-state index < -0.39 is 0 Å². The Hall–Kier alpha value is -2.88. The molecule has 4 nitrogen and oxygen atoms in total. The van der Waals surface area contributed by atoms with Crippen molar-refractivity contribution < 1.29 is 19.1 Å². The zero-order valence-corrected chi connectivity index (χ0v) is 22.0. The Labute approximate surface area is 220 Å². The summed E-state index contributed by atoms with van der Waals surface area (Å²) in [7, 11) is 0. The second-order valence-electron chi connectivity index (χ2n) is 12.3. The molecule has 2 aromatic rings. The van der Waals surface area contributed by atoms with Crippen LogP contribution in [0.15, 0.2) is 72.3 Å². The minimum Gasteiger partial charge on any atom is -0.458 e. The molecule has 0 unspecified atom stereocenters. The Balaban J connectivity index is 1.15. The van der Waals surface area contributed by atoms with Crippen LogP contribution in [0, 0.1) is 28.6 Å². The Kier molecular flexibility index (Phi) is 6.25. The summed E-state index contributed by atoms with van der Waals surface area (Å²) in [6.07, 6.45) is 10.8. The van der Waals surface area contributed by atoms with Crippen LogP contribution in [0.2, 0.25) is 0 Å². The minimum absolute atomic E-state index is 0.00234. The number of rotatable bonds is 4. The summed E-state index contributed by atoms with van der Waals surface area (Å²) < 4.78 is 12.1. The smallest absolute Gasteiger partial charge is 0.338 e. The number of esters is 2. The molecular weight excluding hydrogens is 460 g/mol. The molecule has 37 heavy (non-hydrogen) atoms. The van der Waals surface area contributed by atoms with E-state index in [9.17, 15) is 9.59 Å². The van der Waals surface area contributed by atoms with Crippen molar-refractivity contribution in [2.24, 2.45) is 28.6 Å². The fourth-order valence-corrected chi connectivity index (χ4v) is 8.44. The molecular formula is C33H38O4. The van der Waals surface area contributed by atoms with Crippen molar-refractivity contribution in [2.75, 3.05) is 0 Å². The lowest BCUT2D eigenvalue weighted by molar-refractivity contribution is -0.0787. The molecule has 4 heteroatoms. The van der Waals surface area contributed by atoms with Crippen LogP contribution in [0.3, 0.4) is 0 Å². The lowest BCUT2D eigenvalue weighted by Crippen LogP contribution is -2.51. The summed E-state index contributed by atoms with van der Waals surface area (Å²) in [5.41, 5.74) is 3.00. The fourth-order valence-electron chi connectivity index (χ4n) is 8.44. The number of allylic oxidation sites excluding steroid dienone is 1. The van der Waals surface area contributed by atoms with Crippen LogP contribution in [-0.4, -0.2) is 24.1 Å². The van der Waals surface area contributed by atoms with Gasteiger partial charge in [0.2, 0.25) is 0 Å². The number of hydrogen-bond donors (Lipinski definition) is 0. The molecule has 194 valence electrons. The van der Waals surface area contributed by atoms with Crippen molar-refractivity contribution in [1.82, 2.24) is 0 Å². The van der Waals surface area contributed by atoms with Crippen LogP contribution in [0.4, 0.5) is 0 Å². The molecule has 0 aliphatic heterocycles. The summed E-state index contributed by atoms with van der Waals surface area (Å²) in [6, 6.07) is 18.7. The highest BCUT2D eigenvalue weighted by Crippen LogP contribution is 2.65. The molecule has 4 aliphatic rings. The molecule has 0 saturated heterocycles. The van der Waals surface area contributed by atoms with Crippen LogP contribution in [0.25, 0.3) is 0 Å². The van der Waals surface area contributed by atoms with Crippen molar-refractivity contribution in [3.63, 3.8) is 0 Å². The molecule has 3 saturated carbocycles. The summed E-state index contributed by atoms with van der Waals surface area (Å²) in [4.78, 5) is 25.5. The van der Waals surface area contributed by atoms with E-state index in [-0.39, 0.29) is 35.0 Å². The zero-order chi connectivity index (χ0) is 25.6. The molecule has 4 aliphatic carbocycles. The Morgan fingerprint density at radius 1 is 0.757 bits per heavy atom. The number of ether oxygens (including phenoxy) is 2. The van der Waals surface area contributed by atoms with E-state index in [2.05, 4.69) is 19.9 Å². The Morgan fingerprint density at radius 2 is 1.41 bits per heavy atom. The van der Waals surface area contributed by atoms with Gasteiger partial charge in [-0.1, -0.05) is 61.9 Å². The maximum Gasteiger partial charge on any atom is 0.338 e. The second kappa shape index (κ2) is 9.45. The number of fused-ring (bicyclic) bond motifs is 5. The third-order valence-electron chi connectivity index (χ3n) is 10.5. The average molecular weight is 499 g/mol. The van der Waals surface area contributed by atoms with Crippen molar-refractivity contribution >= 4 is 11.9 Å². The number of carbonyl (C=O) groups excluding carboxylic acids is 2. The average Bonchev–Trinajstić information content (AvgIpc) is 3.25. The van der Waals surface area contributed by atoms with E-state index in [1.165, 1.54) is 12.0 Å². The maximum atomic E-state index is 12.9. The lowest BCUT2D eigenvalue weighted by Gasteiger charge is -2.57. The molecule has 0 N–H and O–H groups in total. The standard InChI is InChI=1S/C33H38O4/c1-32-19-17-25(36-30(34)22-9-5-3-6-10-22)21-24(32)13-14-26-27-15-16-29(33(27,2)20-18-28(26)32)37-31(35)23-11-7-4-8-12-23/h3-13,25-29H,14-21H2,1-2H3/t25-,26-,27-,28-,29-,32+,33+/m1/s1. The summed E-state index contributed by atoms with van der Waals surface area (Å²) in [5, 5.41) is 0. The predicted octanol–water partition coefficient (Wildman–Crippen LogP) is 7.40. The highest BCUT2D eigenvalue weighted by molar-refractivity contribution is 5.90. The van der Waals surface area contributed by atoms with Gasteiger partial charge in [0.15, 0.2) is 0 Å². The Bertz CT molecular complexity index is 1190. The maximum absolute atomic E-state index is 12.9. The van der Waals surface area contributed by atoms with E-state index in [1.807, 2.05) is 60.7 Å². The first kappa shape index (κ1) is 24.5. The molecule has 6 rings (SSSR count). The molecule has 2 aromatic carbocycles. The van der Waals surface area contributed by atoms with Crippen LogP contribution >= 0.6 is 0 Å². The van der Waals surface area contributed by atoms with E-state index in [4.69, 9.17) is 9.47 Å². The molecule has 0 bridgehead atoms. The van der Waals surface area contributed by atoms with Crippen LogP contribution in [0.1, 0.15) is 85.9 Å². The summed E-state index contributed by atoms with van der Waals surface area (Å²) >= 11 is 0. The molecule has 0 radical (unpaired) electrons. The SMILES string of the molecule is C[C@]12CC[C@@H]3[C@H](CC=C4C[C@H](OC(=O)c5ccccc5)CC[C@@]43C)[C@H]1CC[C@H]2OC(=O)c1ccccc1. The Morgan fingerprint density at radius 3 is 2.08 bits per heavy atom. The summed E-state index contributed by atoms with van der Waals surface area (Å²) in [5.74, 6) is 1.48. The summed E-state index contributed by atoms with van der Waals surface area (Å²) in [6.45, 7) is 4.85. The predicted molar refractivity (Wildman–Crippen MR) is 143 cm³/mol. The van der Waals surface area contributed by atoms with Gasteiger partial charge in [-0.25, -0.2) is 9.59 Å². The normalized spacial score (nSPS) is 36.4. The van der Waals surface area contributed by atoms with E-state index in [1.54, 1.807) is 0 Å². The first-order chi connectivity index (χ1) is 17.9. The van der Waals surface area contributed by atoms with E-state index >= 15 is 0 Å². The first-order valence-corrected chi connectivity index (χ1v) is 14.1. The van der Waals surface area contributed by atoms with Crippen LogP contribution in [-0.2, 0) is 9.47 Å². The molecule has 0 heterocycles. The number of hydrogen-bond acceptors (Lipinski definition) is 4. The topological polar surface area (TPSA) is 52.6 Å². The molecule has 3 fully saturated rings. The van der Waals surface area contributed by atoms with Crippen LogP contribution < -0.4 is 0 Å². The highest BCUT2D eigenvalue weighted by Gasteiger charge is 2.59. The van der Waals surface area contributed by atoms with Crippen molar-refractivity contribution in [1.29, 1.82) is 0 Å². The van der Waals surface area contributed by atoms with Crippen molar-refractivity contribution in [3.8, 4) is 0 Å².